The van der Waals surface area contributed by atoms with E-state index >= 15 is 0 Å². The van der Waals surface area contributed by atoms with E-state index in [4.69, 9.17) is 0 Å². The zero-order valence-electron chi connectivity index (χ0n) is 10.9. The van der Waals surface area contributed by atoms with Crippen LogP contribution < -0.4 is 5.32 Å². The molecule has 1 aromatic rings. The van der Waals surface area contributed by atoms with E-state index in [2.05, 4.69) is 28.7 Å². The minimum atomic E-state index is 0.539. The van der Waals surface area contributed by atoms with Crippen molar-refractivity contribution in [2.45, 2.75) is 58.7 Å². The quantitative estimate of drug-likeness (QED) is 0.818. The zero-order valence-corrected chi connectivity index (χ0v) is 10.9. The number of imidazole rings is 1. The maximum Gasteiger partial charge on any atom is 0.0948 e. The molecule has 3 nitrogen and oxygen atoms in total. The molecule has 0 aromatic carbocycles. The molecule has 1 heterocycles. The van der Waals surface area contributed by atoms with Crippen molar-refractivity contribution in [3.63, 3.8) is 0 Å². The second-order valence-corrected chi connectivity index (χ2v) is 6.19. The highest BCUT2D eigenvalue weighted by Gasteiger charge is 2.53. The minimum absolute atomic E-state index is 0.539. The Morgan fingerprint density at radius 1 is 1.47 bits per heavy atom. The number of rotatable bonds is 6. The molecule has 0 radical (unpaired) electrons. The predicted octanol–water partition coefficient (Wildman–Crippen LogP) is 2.57. The molecule has 2 saturated carbocycles. The molecule has 17 heavy (non-hydrogen) atoms. The molecule has 3 rings (SSSR count). The number of hydrogen-bond donors (Lipinski definition) is 1. The van der Waals surface area contributed by atoms with Crippen LogP contribution in [0.1, 0.15) is 45.2 Å². The van der Waals surface area contributed by atoms with E-state index in [-0.39, 0.29) is 0 Å². The van der Waals surface area contributed by atoms with Gasteiger partial charge in [0.25, 0.3) is 0 Å². The third-order valence-corrected chi connectivity index (χ3v) is 4.31. The van der Waals surface area contributed by atoms with Crippen LogP contribution in [0.2, 0.25) is 0 Å². The first-order chi connectivity index (χ1) is 8.20. The second-order valence-electron chi connectivity index (χ2n) is 6.19. The molecule has 0 saturated heterocycles. The van der Waals surface area contributed by atoms with Crippen molar-refractivity contribution in [1.29, 1.82) is 0 Å². The first kappa shape index (κ1) is 11.3. The molecule has 3 heteroatoms. The van der Waals surface area contributed by atoms with Gasteiger partial charge in [-0.1, -0.05) is 13.8 Å². The smallest absolute Gasteiger partial charge is 0.0948 e. The molecule has 2 aliphatic rings. The minimum Gasteiger partial charge on any atom is -0.333 e. The fourth-order valence-corrected chi connectivity index (χ4v) is 2.84. The van der Waals surface area contributed by atoms with Crippen molar-refractivity contribution in [1.82, 2.24) is 14.9 Å². The number of nitrogens with zero attached hydrogens (tertiary/aromatic N) is 2. The molecule has 0 bridgehead atoms. The first-order valence-electron chi connectivity index (χ1n) is 6.92. The van der Waals surface area contributed by atoms with Crippen molar-refractivity contribution in [3.8, 4) is 0 Å². The predicted molar refractivity (Wildman–Crippen MR) is 68.6 cm³/mol. The lowest BCUT2D eigenvalue weighted by Gasteiger charge is -2.17. The highest BCUT2D eigenvalue weighted by molar-refractivity contribution is 5.07. The van der Waals surface area contributed by atoms with Crippen LogP contribution in [-0.4, -0.2) is 15.6 Å². The van der Waals surface area contributed by atoms with E-state index < -0.39 is 0 Å². The van der Waals surface area contributed by atoms with Crippen molar-refractivity contribution in [3.05, 3.63) is 18.2 Å². The Bertz CT molecular complexity index is 386. The summed E-state index contributed by atoms with van der Waals surface area (Å²) in [4.78, 5) is 4.31. The summed E-state index contributed by atoms with van der Waals surface area (Å²) >= 11 is 0. The fourth-order valence-electron chi connectivity index (χ4n) is 2.84. The van der Waals surface area contributed by atoms with Gasteiger partial charge in [-0.15, -0.1) is 0 Å². The fraction of sp³-hybridized carbons (Fsp3) is 0.786. The standard InChI is InChI=1S/C14H23N3/c1-11(2)16-8-13-7-15-10-17(13)9-14(5-6-14)12-3-4-12/h7,10-12,16H,3-6,8-9H2,1-2H3. The summed E-state index contributed by atoms with van der Waals surface area (Å²) in [7, 11) is 0. The highest BCUT2D eigenvalue weighted by Crippen LogP contribution is 2.62. The summed E-state index contributed by atoms with van der Waals surface area (Å²) in [6.07, 6.45) is 9.83. The molecule has 0 amide bonds. The van der Waals surface area contributed by atoms with E-state index in [1.807, 2.05) is 12.5 Å². The molecule has 1 N–H and O–H groups in total. The molecule has 0 aliphatic heterocycles. The van der Waals surface area contributed by atoms with E-state index in [0.29, 0.717) is 11.5 Å². The zero-order chi connectivity index (χ0) is 11.9. The monoisotopic (exact) mass is 233 g/mol. The van der Waals surface area contributed by atoms with Crippen LogP contribution in [-0.2, 0) is 13.1 Å². The van der Waals surface area contributed by atoms with Gasteiger partial charge in [0.05, 0.1) is 12.0 Å². The van der Waals surface area contributed by atoms with Gasteiger partial charge in [0, 0.05) is 25.3 Å². The normalized spacial score (nSPS) is 22.1. The van der Waals surface area contributed by atoms with Crippen LogP contribution in [0.4, 0.5) is 0 Å². The van der Waals surface area contributed by atoms with Gasteiger partial charge in [0.15, 0.2) is 0 Å². The summed E-state index contributed by atoms with van der Waals surface area (Å²) < 4.78 is 2.38. The summed E-state index contributed by atoms with van der Waals surface area (Å²) in [5.41, 5.74) is 2.00. The Balaban J connectivity index is 1.64. The van der Waals surface area contributed by atoms with Gasteiger partial charge < -0.3 is 9.88 Å². The lowest BCUT2D eigenvalue weighted by Crippen LogP contribution is -2.24. The van der Waals surface area contributed by atoms with Gasteiger partial charge in [-0.05, 0) is 37.0 Å². The van der Waals surface area contributed by atoms with Crippen molar-refractivity contribution >= 4 is 0 Å². The van der Waals surface area contributed by atoms with Crippen LogP contribution >= 0.6 is 0 Å². The van der Waals surface area contributed by atoms with Gasteiger partial charge in [0.2, 0.25) is 0 Å². The second kappa shape index (κ2) is 4.13. The third-order valence-electron chi connectivity index (χ3n) is 4.31. The largest absolute Gasteiger partial charge is 0.333 e. The third kappa shape index (κ3) is 2.39. The van der Waals surface area contributed by atoms with Gasteiger partial charge in [-0.3, -0.25) is 0 Å². The maximum atomic E-state index is 4.31. The SMILES string of the molecule is CC(C)NCc1cncn1CC1(C2CC2)CC1. The Morgan fingerprint density at radius 3 is 2.82 bits per heavy atom. The van der Waals surface area contributed by atoms with Crippen LogP contribution in [0.15, 0.2) is 12.5 Å². The van der Waals surface area contributed by atoms with Crippen LogP contribution in [0, 0.1) is 11.3 Å². The molecule has 0 atom stereocenters. The number of nitrogens with one attached hydrogen (secondary N) is 1. The maximum absolute atomic E-state index is 4.31. The van der Waals surface area contributed by atoms with Gasteiger partial charge >= 0.3 is 0 Å². The highest BCUT2D eigenvalue weighted by atomic mass is 15.1. The van der Waals surface area contributed by atoms with E-state index in [9.17, 15) is 0 Å². The van der Waals surface area contributed by atoms with E-state index in [0.717, 1.165) is 12.5 Å². The lowest BCUT2D eigenvalue weighted by atomic mass is 10.0. The Morgan fingerprint density at radius 2 is 2.24 bits per heavy atom. The summed E-state index contributed by atoms with van der Waals surface area (Å²) in [5, 5.41) is 3.48. The Hall–Kier alpha value is -0.830. The molecule has 1 aromatic heterocycles. The van der Waals surface area contributed by atoms with Crippen LogP contribution in [0.25, 0.3) is 0 Å². The van der Waals surface area contributed by atoms with E-state index in [1.54, 1.807) is 0 Å². The molecular weight excluding hydrogens is 210 g/mol. The van der Waals surface area contributed by atoms with Gasteiger partial charge in [-0.2, -0.15) is 0 Å². The number of hydrogen-bond acceptors (Lipinski definition) is 2. The average molecular weight is 233 g/mol. The summed E-state index contributed by atoms with van der Waals surface area (Å²) in [6, 6.07) is 0.539. The van der Waals surface area contributed by atoms with Crippen LogP contribution in [0.3, 0.4) is 0 Å². The molecule has 2 aliphatic carbocycles. The van der Waals surface area contributed by atoms with Crippen LogP contribution in [0.5, 0.6) is 0 Å². The Kier molecular flexibility index (Phi) is 2.74. The van der Waals surface area contributed by atoms with E-state index in [1.165, 1.54) is 37.9 Å². The molecular formula is C14H23N3. The van der Waals surface area contributed by atoms with Crippen molar-refractivity contribution < 1.29 is 0 Å². The van der Waals surface area contributed by atoms with Crippen molar-refractivity contribution in [2.24, 2.45) is 11.3 Å². The molecule has 2 fully saturated rings. The number of aromatic nitrogens is 2. The average Bonchev–Trinajstić information content (AvgIpc) is 3.15. The summed E-state index contributed by atoms with van der Waals surface area (Å²) in [5.74, 6) is 1.02. The Labute approximate surface area is 104 Å². The topological polar surface area (TPSA) is 29.9 Å². The summed E-state index contributed by atoms with van der Waals surface area (Å²) in [6.45, 7) is 6.52. The lowest BCUT2D eigenvalue weighted by molar-refractivity contribution is 0.362. The van der Waals surface area contributed by atoms with Gasteiger partial charge in [-0.25, -0.2) is 4.98 Å². The molecule has 0 spiro atoms. The van der Waals surface area contributed by atoms with Crippen molar-refractivity contribution in [2.75, 3.05) is 0 Å². The first-order valence-corrected chi connectivity index (χ1v) is 6.92. The van der Waals surface area contributed by atoms with Gasteiger partial charge in [0.1, 0.15) is 0 Å². The molecule has 94 valence electrons. The molecule has 0 unspecified atom stereocenters.